The molecule has 0 unspecified atom stereocenters. The fourth-order valence-corrected chi connectivity index (χ4v) is 1.03. The predicted octanol–water partition coefficient (Wildman–Crippen LogP) is 3.72. The lowest BCUT2D eigenvalue weighted by molar-refractivity contribution is -0.357. The van der Waals surface area contributed by atoms with Gasteiger partial charge in [-0.3, -0.25) is 0 Å². The molecule has 80 valence electrons. The van der Waals surface area contributed by atoms with Crippen LogP contribution in [0.15, 0.2) is 35.3 Å². The molecule has 2 aromatic rings. The van der Waals surface area contributed by atoms with E-state index in [9.17, 15) is 0 Å². The molecule has 1 N–H and O–H groups in total. The van der Waals surface area contributed by atoms with Crippen LogP contribution in [0.25, 0.3) is 17.2 Å². The Balaban J connectivity index is 0.000000245. The van der Waals surface area contributed by atoms with E-state index in [2.05, 4.69) is 41.1 Å². The Morgan fingerprint density at radius 3 is 2.67 bits per heavy atom. The van der Waals surface area contributed by atoms with Crippen LogP contribution in [0.2, 0.25) is 0 Å². The first-order chi connectivity index (χ1) is 7.31. The van der Waals surface area contributed by atoms with Crippen LogP contribution >= 0.6 is 22.6 Å². The fourth-order valence-electron chi connectivity index (χ4n) is 1.03. The summed E-state index contributed by atoms with van der Waals surface area (Å²) in [4.78, 5) is 3.06. The van der Waals surface area contributed by atoms with Crippen molar-refractivity contribution >= 4 is 39.8 Å². The summed E-state index contributed by atoms with van der Waals surface area (Å²) >= 11 is 2.35. The average Bonchev–Trinajstić information content (AvgIpc) is 2.72. The monoisotopic (exact) mass is 316 g/mol. The molecule has 2 nitrogen and oxygen atoms in total. The lowest BCUT2D eigenvalue weighted by atomic mass is 10.3. The molecule has 0 saturated carbocycles. The third-order valence-electron chi connectivity index (χ3n) is 1.74. The molecule has 0 aliphatic carbocycles. The van der Waals surface area contributed by atoms with Crippen LogP contribution in [0, 0.1) is 0 Å². The minimum Gasteiger partial charge on any atom is -0.398 e. The summed E-state index contributed by atoms with van der Waals surface area (Å²) in [7, 11) is 0. The van der Waals surface area contributed by atoms with Crippen molar-refractivity contribution in [2.24, 2.45) is 0 Å². The highest BCUT2D eigenvalue weighted by atomic mass is 127. The Morgan fingerprint density at radius 1 is 1.47 bits per heavy atom. The summed E-state index contributed by atoms with van der Waals surface area (Å²) in [6.45, 7) is 5.77. The van der Waals surface area contributed by atoms with Gasteiger partial charge in [0.1, 0.15) is 0 Å². The van der Waals surface area contributed by atoms with Gasteiger partial charge in [0.15, 0.2) is 0 Å². The number of alkyl halides is 1. The molecule has 0 amide bonds. The van der Waals surface area contributed by atoms with E-state index in [-0.39, 0.29) is 0 Å². The SMILES string of the molecule is C=Cc1[nH+]c2ccccc2o1.CCCI. The number of oxazole rings is 1. The van der Waals surface area contributed by atoms with Crippen LogP contribution < -0.4 is 4.98 Å². The quantitative estimate of drug-likeness (QED) is 0.613. The molecule has 0 fully saturated rings. The van der Waals surface area contributed by atoms with Gasteiger partial charge < -0.3 is 4.42 Å². The lowest BCUT2D eigenvalue weighted by Gasteiger charge is -1.74. The molecule has 0 aliphatic rings. The largest absolute Gasteiger partial charge is 0.398 e. The first kappa shape index (κ1) is 12.2. The average molecular weight is 316 g/mol. The van der Waals surface area contributed by atoms with Crippen molar-refractivity contribution in [3.63, 3.8) is 0 Å². The molecule has 0 bridgehead atoms. The number of rotatable bonds is 2. The van der Waals surface area contributed by atoms with Gasteiger partial charge in [0.05, 0.1) is 0 Å². The van der Waals surface area contributed by atoms with E-state index < -0.39 is 0 Å². The molecule has 2 rings (SSSR count). The van der Waals surface area contributed by atoms with E-state index in [1.165, 1.54) is 10.8 Å². The Bertz CT molecular complexity index is 387. The Hall–Kier alpha value is -0.840. The summed E-state index contributed by atoms with van der Waals surface area (Å²) in [6.07, 6.45) is 2.96. The molecule has 1 aromatic heterocycles. The number of hydrogen-bond donors (Lipinski definition) is 0. The highest BCUT2D eigenvalue weighted by Gasteiger charge is 2.06. The molecule has 0 spiro atoms. The van der Waals surface area contributed by atoms with Crippen LogP contribution in [0.3, 0.4) is 0 Å². The molecule has 0 radical (unpaired) electrons. The van der Waals surface area contributed by atoms with E-state index in [0.717, 1.165) is 11.1 Å². The van der Waals surface area contributed by atoms with Gasteiger partial charge in [-0.15, -0.1) is 0 Å². The maximum absolute atomic E-state index is 5.34. The minimum atomic E-state index is 0.700. The Labute approximate surface area is 104 Å². The second-order valence-corrected chi connectivity index (χ2v) is 4.06. The lowest BCUT2D eigenvalue weighted by Crippen LogP contribution is -1.99. The number of nitrogens with one attached hydrogen (secondary N) is 1. The zero-order valence-electron chi connectivity index (χ0n) is 8.79. The molecule has 1 aromatic carbocycles. The summed E-state index contributed by atoms with van der Waals surface area (Å²) in [6, 6.07) is 7.78. The third-order valence-corrected chi connectivity index (χ3v) is 2.82. The van der Waals surface area contributed by atoms with E-state index in [1.807, 2.05) is 24.3 Å². The van der Waals surface area contributed by atoms with Crippen molar-refractivity contribution in [2.45, 2.75) is 13.3 Å². The topological polar surface area (TPSA) is 27.3 Å². The van der Waals surface area contributed by atoms with Gasteiger partial charge in [-0.05, 0) is 16.9 Å². The van der Waals surface area contributed by atoms with Gasteiger partial charge >= 0.3 is 5.89 Å². The van der Waals surface area contributed by atoms with Crippen LogP contribution in [0.5, 0.6) is 0 Å². The van der Waals surface area contributed by atoms with Crippen molar-refractivity contribution < 1.29 is 9.40 Å². The summed E-state index contributed by atoms with van der Waals surface area (Å²) in [5.41, 5.74) is 1.87. The second-order valence-electron chi connectivity index (χ2n) is 2.98. The van der Waals surface area contributed by atoms with Crippen molar-refractivity contribution in [1.82, 2.24) is 0 Å². The summed E-state index contributed by atoms with van der Waals surface area (Å²) < 4.78 is 6.63. The number of halogens is 1. The van der Waals surface area contributed by atoms with Crippen molar-refractivity contribution in [1.29, 1.82) is 0 Å². The molecule has 0 saturated heterocycles. The van der Waals surface area contributed by atoms with E-state index in [1.54, 1.807) is 6.08 Å². The van der Waals surface area contributed by atoms with Gasteiger partial charge in [0.2, 0.25) is 11.1 Å². The van der Waals surface area contributed by atoms with Gasteiger partial charge in [-0.1, -0.05) is 48.2 Å². The van der Waals surface area contributed by atoms with Crippen molar-refractivity contribution in [3.05, 3.63) is 36.7 Å². The smallest absolute Gasteiger partial charge is 0.371 e. The van der Waals surface area contributed by atoms with Gasteiger partial charge in [0.25, 0.3) is 0 Å². The molecule has 0 aliphatic heterocycles. The fraction of sp³-hybridized carbons (Fsp3) is 0.250. The molecular formula is C12H15INO+. The van der Waals surface area contributed by atoms with Crippen molar-refractivity contribution in [3.8, 4) is 0 Å². The Kier molecular flexibility index (Phi) is 5.39. The number of fused-ring (bicyclic) bond motifs is 1. The van der Waals surface area contributed by atoms with E-state index >= 15 is 0 Å². The van der Waals surface area contributed by atoms with Gasteiger partial charge in [0, 0.05) is 12.1 Å². The zero-order chi connectivity index (χ0) is 11.1. The Morgan fingerprint density at radius 2 is 2.13 bits per heavy atom. The summed E-state index contributed by atoms with van der Waals surface area (Å²) in [5, 5.41) is 0. The maximum Gasteiger partial charge on any atom is 0.371 e. The highest BCUT2D eigenvalue weighted by molar-refractivity contribution is 14.1. The normalized spacial score (nSPS) is 9.47. The van der Waals surface area contributed by atoms with Gasteiger partial charge in [-0.2, -0.15) is 4.98 Å². The van der Waals surface area contributed by atoms with Crippen LogP contribution in [0.4, 0.5) is 0 Å². The third kappa shape index (κ3) is 3.66. The highest BCUT2D eigenvalue weighted by Crippen LogP contribution is 2.10. The standard InChI is InChI=1S/C9H7NO.C3H7I/c1-2-9-10-7-5-3-4-6-8(7)11-9;1-2-3-4/h2-6H,1H2;2-3H2,1H3/p+1. The van der Waals surface area contributed by atoms with Crippen LogP contribution in [0.1, 0.15) is 19.2 Å². The van der Waals surface area contributed by atoms with Crippen LogP contribution in [-0.2, 0) is 0 Å². The number of aromatic amines is 1. The zero-order valence-corrected chi connectivity index (χ0v) is 11.0. The molecule has 3 heteroatoms. The maximum atomic E-state index is 5.34. The number of aromatic nitrogens is 1. The van der Waals surface area contributed by atoms with E-state index in [4.69, 9.17) is 4.42 Å². The predicted molar refractivity (Wildman–Crippen MR) is 72.0 cm³/mol. The first-order valence-electron chi connectivity index (χ1n) is 4.91. The van der Waals surface area contributed by atoms with Crippen molar-refractivity contribution in [2.75, 3.05) is 4.43 Å². The van der Waals surface area contributed by atoms with Gasteiger partial charge in [-0.25, -0.2) is 0 Å². The summed E-state index contributed by atoms with van der Waals surface area (Å²) in [5.74, 6) is 0.700. The number of H-pyrrole nitrogens is 1. The first-order valence-corrected chi connectivity index (χ1v) is 6.43. The number of para-hydroxylation sites is 2. The number of hydrogen-bond acceptors (Lipinski definition) is 1. The molecular weight excluding hydrogens is 301 g/mol. The molecule has 0 atom stereocenters. The number of benzene rings is 1. The molecule has 15 heavy (non-hydrogen) atoms. The van der Waals surface area contributed by atoms with Crippen LogP contribution in [-0.4, -0.2) is 4.43 Å². The second kappa shape index (κ2) is 6.61. The molecule has 1 heterocycles. The van der Waals surface area contributed by atoms with E-state index in [0.29, 0.717) is 5.89 Å². The minimum absolute atomic E-state index is 0.700.